The first-order valence-electron chi connectivity index (χ1n) is 4.49. The predicted molar refractivity (Wildman–Crippen MR) is 55.8 cm³/mol. The number of hydrogen-bond acceptors (Lipinski definition) is 2. The predicted octanol–water partition coefficient (Wildman–Crippen LogP) is 1.87. The van der Waals surface area contributed by atoms with Crippen molar-refractivity contribution >= 4 is 6.08 Å². The number of aromatic amines is 1. The Balaban J connectivity index is 2.24. The van der Waals surface area contributed by atoms with Crippen molar-refractivity contribution in [2.75, 3.05) is 0 Å². The van der Waals surface area contributed by atoms with Crippen LogP contribution < -0.4 is 5.48 Å². The highest BCUT2D eigenvalue weighted by Crippen LogP contribution is 2.14. The summed E-state index contributed by atoms with van der Waals surface area (Å²) in [6, 6.07) is 3.80. The molecule has 3 nitrogen and oxygen atoms in total. The monoisotopic (exact) mass is 188 g/mol. The van der Waals surface area contributed by atoms with Gasteiger partial charge in [-0.1, -0.05) is 24.3 Å². The van der Waals surface area contributed by atoms with Crippen molar-refractivity contribution in [3.63, 3.8) is 0 Å². The Labute approximate surface area is 82.4 Å². The maximum absolute atomic E-state index is 8.90. The lowest BCUT2D eigenvalue weighted by atomic mass is 10.0. The summed E-state index contributed by atoms with van der Waals surface area (Å²) in [5, 5.41) is 8.90. The van der Waals surface area contributed by atoms with Crippen LogP contribution in [0.5, 0.6) is 0 Å². The van der Waals surface area contributed by atoms with Gasteiger partial charge in [0.1, 0.15) is 0 Å². The van der Waals surface area contributed by atoms with Gasteiger partial charge in [-0.2, -0.15) is 5.48 Å². The molecule has 0 bridgehead atoms. The molecule has 0 spiro atoms. The van der Waals surface area contributed by atoms with E-state index in [0.29, 0.717) is 0 Å². The van der Waals surface area contributed by atoms with Gasteiger partial charge < -0.3 is 10.2 Å². The van der Waals surface area contributed by atoms with Crippen LogP contribution in [0.25, 0.3) is 6.08 Å². The first-order valence-corrected chi connectivity index (χ1v) is 4.49. The highest BCUT2D eigenvalue weighted by molar-refractivity contribution is 5.57. The van der Waals surface area contributed by atoms with Crippen LogP contribution in [0.15, 0.2) is 48.2 Å². The summed E-state index contributed by atoms with van der Waals surface area (Å²) in [7, 11) is 0. The van der Waals surface area contributed by atoms with Crippen LogP contribution in [0, 0.1) is 0 Å². The molecule has 1 unspecified atom stereocenters. The van der Waals surface area contributed by atoms with E-state index < -0.39 is 0 Å². The van der Waals surface area contributed by atoms with Gasteiger partial charge in [0.15, 0.2) is 0 Å². The lowest BCUT2D eigenvalue weighted by Crippen LogP contribution is -2.25. The molecule has 0 amide bonds. The SMILES string of the molecule is ONC1C=CC=CC1=Cc1ccc[nH]1. The number of nitrogens with one attached hydrogen (secondary N) is 2. The van der Waals surface area contributed by atoms with Gasteiger partial charge >= 0.3 is 0 Å². The molecule has 1 aromatic heterocycles. The third kappa shape index (κ3) is 1.84. The average molecular weight is 188 g/mol. The van der Waals surface area contributed by atoms with Gasteiger partial charge in [-0.15, -0.1) is 0 Å². The molecule has 14 heavy (non-hydrogen) atoms. The van der Waals surface area contributed by atoms with E-state index in [1.165, 1.54) is 0 Å². The average Bonchev–Trinajstić information content (AvgIpc) is 2.71. The molecule has 0 fully saturated rings. The van der Waals surface area contributed by atoms with Crippen molar-refractivity contribution < 1.29 is 5.21 Å². The number of aromatic nitrogens is 1. The van der Waals surface area contributed by atoms with Gasteiger partial charge in [-0.3, -0.25) is 0 Å². The lowest BCUT2D eigenvalue weighted by Gasteiger charge is -2.14. The first kappa shape index (κ1) is 8.99. The van der Waals surface area contributed by atoms with Gasteiger partial charge in [-0.25, -0.2) is 0 Å². The van der Waals surface area contributed by atoms with Crippen molar-refractivity contribution in [1.82, 2.24) is 10.5 Å². The first-order chi connectivity index (χ1) is 6.90. The summed E-state index contributed by atoms with van der Waals surface area (Å²) < 4.78 is 0. The number of hydrogen-bond donors (Lipinski definition) is 3. The van der Waals surface area contributed by atoms with Gasteiger partial charge in [-0.05, 0) is 23.8 Å². The van der Waals surface area contributed by atoms with E-state index in [-0.39, 0.29) is 6.04 Å². The number of hydroxylamine groups is 1. The molecule has 2 rings (SSSR count). The zero-order valence-corrected chi connectivity index (χ0v) is 7.64. The molecule has 1 heterocycles. The standard InChI is InChI=1S/C11H12N2O/c14-13-11-6-2-1-4-9(11)8-10-5-3-7-12-10/h1-8,11-14H. The highest BCUT2D eigenvalue weighted by atomic mass is 16.5. The number of allylic oxidation sites excluding steroid dienone is 2. The minimum Gasteiger partial charge on any atom is -0.362 e. The maximum atomic E-state index is 8.90. The summed E-state index contributed by atoms with van der Waals surface area (Å²) >= 11 is 0. The van der Waals surface area contributed by atoms with E-state index in [1.807, 2.05) is 48.7 Å². The van der Waals surface area contributed by atoms with Crippen LogP contribution >= 0.6 is 0 Å². The Morgan fingerprint density at radius 3 is 3.07 bits per heavy atom. The second kappa shape index (κ2) is 4.09. The van der Waals surface area contributed by atoms with E-state index in [1.54, 1.807) is 0 Å². The van der Waals surface area contributed by atoms with Gasteiger partial charge in [0, 0.05) is 11.9 Å². The molecule has 1 aliphatic carbocycles. The molecule has 0 radical (unpaired) electrons. The van der Waals surface area contributed by atoms with Crippen molar-refractivity contribution in [2.24, 2.45) is 0 Å². The summed E-state index contributed by atoms with van der Waals surface area (Å²) in [5.74, 6) is 0. The van der Waals surface area contributed by atoms with Crippen LogP contribution in [-0.4, -0.2) is 16.2 Å². The van der Waals surface area contributed by atoms with E-state index in [0.717, 1.165) is 11.3 Å². The fourth-order valence-electron chi connectivity index (χ4n) is 1.43. The molecule has 1 aromatic rings. The van der Waals surface area contributed by atoms with Gasteiger partial charge in [0.05, 0.1) is 6.04 Å². The number of H-pyrrole nitrogens is 1. The minimum atomic E-state index is -0.122. The highest BCUT2D eigenvalue weighted by Gasteiger charge is 2.09. The zero-order chi connectivity index (χ0) is 9.80. The fourth-order valence-corrected chi connectivity index (χ4v) is 1.43. The Morgan fingerprint density at radius 2 is 2.36 bits per heavy atom. The summed E-state index contributed by atoms with van der Waals surface area (Å²) in [5.41, 5.74) is 4.30. The van der Waals surface area contributed by atoms with Crippen LogP contribution in [0.4, 0.5) is 0 Å². The third-order valence-corrected chi connectivity index (χ3v) is 2.15. The van der Waals surface area contributed by atoms with Crippen LogP contribution in [0.3, 0.4) is 0 Å². The van der Waals surface area contributed by atoms with E-state index in [9.17, 15) is 0 Å². The second-order valence-corrected chi connectivity index (χ2v) is 3.12. The van der Waals surface area contributed by atoms with Crippen LogP contribution in [0.1, 0.15) is 5.69 Å². The molecule has 3 heteroatoms. The minimum absolute atomic E-state index is 0.122. The summed E-state index contributed by atoms with van der Waals surface area (Å²) in [6.45, 7) is 0. The smallest absolute Gasteiger partial charge is 0.0753 e. The van der Waals surface area contributed by atoms with E-state index >= 15 is 0 Å². The molecule has 72 valence electrons. The van der Waals surface area contributed by atoms with E-state index in [2.05, 4.69) is 10.5 Å². The molecule has 0 aliphatic heterocycles. The molecule has 1 aliphatic rings. The van der Waals surface area contributed by atoms with Gasteiger partial charge in [0.25, 0.3) is 0 Å². The van der Waals surface area contributed by atoms with Crippen molar-refractivity contribution in [2.45, 2.75) is 6.04 Å². The lowest BCUT2D eigenvalue weighted by molar-refractivity contribution is 0.156. The Bertz CT molecular complexity index is 374. The van der Waals surface area contributed by atoms with Crippen molar-refractivity contribution in [1.29, 1.82) is 0 Å². The Hall–Kier alpha value is -1.58. The fraction of sp³-hybridized carbons (Fsp3) is 0.0909. The number of rotatable bonds is 2. The maximum Gasteiger partial charge on any atom is 0.0753 e. The normalized spacial score (nSPS) is 23.2. The van der Waals surface area contributed by atoms with Gasteiger partial charge in [0.2, 0.25) is 0 Å². The summed E-state index contributed by atoms with van der Waals surface area (Å²) in [6.07, 6.45) is 11.6. The second-order valence-electron chi connectivity index (χ2n) is 3.12. The van der Waals surface area contributed by atoms with Crippen LogP contribution in [-0.2, 0) is 0 Å². The van der Waals surface area contributed by atoms with Crippen LogP contribution in [0.2, 0.25) is 0 Å². The van der Waals surface area contributed by atoms with Crippen molar-refractivity contribution in [3.05, 3.63) is 53.9 Å². The Morgan fingerprint density at radius 1 is 1.43 bits per heavy atom. The molecule has 0 saturated heterocycles. The molecule has 3 N–H and O–H groups in total. The molecule has 0 aromatic carbocycles. The zero-order valence-electron chi connectivity index (χ0n) is 7.64. The molecule has 1 atom stereocenters. The quantitative estimate of drug-likeness (QED) is 0.620. The van der Waals surface area contributed by atoms with Crippen molar-refractivity contribution in [3.8, 4) is 0 Å². The molecular formula is C11H12N2O. The topological polar surface area (TPSA) is 48.0 Å². The molecular weight excluding hydrogens is 176 g/mol. The Kier molecular flexibility index (Phi) is 2.62. The van der Waals surface area contributed by atoms with E-state index in [4.69, 9.17) is 5.21 Å². The summed E-state index contributed by atoms with van der Waals surface area (Å²) in [4.78, 5) is 3.09. The third-order valence-electron chi connectivity index (χ3n) is 2.15. The largest absolute Gasteiger partial charge is 0.362 e. The molecule has 0 saturated carbocycles.